The molecule has 0 radical (unpaired) electrons. The van der Waals surface area contributed by atoms with Gasteiger partial charge in [0, 0.05) is 50.9 Å². The number of rotatable bonds is 6. The van der Waals surface area contributed by atoms with Crippen LogP contribution in [0.5, 0.6) is 0 Å². The van der Waals surface area contributed by atoms with Gasteiger partial charge < -0.3 is 4.90 Å². The second-order valence-corrected chi connectivity index (χ2v) is 6.11. The first-order chi connectivity index (χ1) is 12.1. The summed E-state index contributed by atoms with van der Waals surface area (Å²) in [5.74, 6) is -0.169. The first-order valence-corrected chi connectivity index (χ1v) is 8.44. The largest absolute Gasteiger partial charge is 0.369 e. The molecule has 1 fully saturated rings. The predicted molar refractivity (Wildman–Crippen MR) is 97.1 cm³/mol. The molecule has 0 N–H and O–H groups in total. The lowest BCUT2D eigenvalue weighted by Gasteiger charge is -2.36. The van der Waals surface area contributed by atoms with Gasteiger partial charge in [-0.1, -0.05) is 30.3 Å². The van der Waals surface area contributed by atoms with Crippen molar-refractivity contribution < 1.29 is 9.72 Å². The van der Waals surface area contributed by atoms with Crippen molar-refractivity contribution in [1.82, 2.24) is 4.90 Å². The number of nitro groups is 1. The molecule has 1 saturated heterocycles. The Bertz CT molecular complexity index is 741. The van der Waals surface area contributed by atoms with Crippen LogP contribution in [-0.4, -0.2) is 48.3 Å². The van der Waals surface area contributed by atoms with Gasteiger partial charge in [0.25, 0.3) is 5.69 Å². The number of anilines is 1. The number of benzene rings is 2. The molecule has 130 valence electrons. The summed E-state index contributed by atoms with van der Waals surface area (Å²) in [5.41, 5.74) is 1.31. The number of piperazine rings is 1. The molecule has 0 saturated carbocycles. The fraction of sp³-hybridized carbons (Fsp3) is 0.316. The maximum absolute atomic E-state index is 12.4. The van der Waals surface area contributed by atoms with Crippen molar-refractivity contribution in [3.05, 3.63) is 70.3 Å². The fourth-order valence-corrected chi connectivity index (χ4v) is 3.13. The molecule has 6 heteroatoms. The summed E-state index contributed by atoms with van der Waals surface area (Å²) in [7, 11) is 0. The zero-order valence-corrected chi connectivity index (χ0v) is 14.0. The highest BCUT2D eigenvalue weighted by Gasteiger charge is 2.21. The summed E-state index contributed by atoms with van der Waals surface area (Å²) in [6.07, 6.45) is 0.302. The van der Waals surface area contributed by atoms with Crippen LogP contribution >= 0.6 is 0 Å². The lowest BCUT2D eigenvalue weighted by molar-refractivity contribution is -0.385. The molecule has 3 rings (SSSR count). The van der Waals surface area contributed by atoms with Crippen LogP contribution in [0.1, 0.15) is 16.8 Å². The average molecular weight is 339 g/mol. The van der Waals surface area contributed by atoms with Gasteiger partial charge in [-0.3, -0.25) is 19.8 Å². The van der Waals surface area contributed by atoms with Crippen LogP contribution in [0.15, 0.2) is 54.6 Å². The van der Waals surface area contributed by atoms with E-state index in [1.54, 1.807) is 12.1 Å². The zero-order valence-electron chi connectivity index (χ0n) is 14.0. The van der Waals surface area contributed by atoms with Crippen LogP contribution in [-0.2, 0) is 0 Å². The van der Waals surface area contributed by atoms with E-state index in [9.17, 15) is 14.9 Å². The van der Waals surface area contributed by atoms with Crippen molar-refractivity contribution in [1.29, 1.82) is 0 Å². The smallest absolute Gasteiger partial charge is 0.280 e. The van der Waals surface area contributed by atoms with Crippen LogP contribution in [0.3, 0.4) is 0 Å². The van der Waals surface area contributed by atoms with Crippen LogP contribution in [0, 0.1) is 10.1 Å². The Balaban J connectivity index is 1.52. The number of para-hydroxylation sites is 2. The van der Waals surface area contributed by atoms with Gasteiger partial charge in [-0.2, -0.15) is 0 Å². The maximum Gasteiger partial charge on any atom is 0.280 e. The highest BCUT2D eigenvalue weighted by molar-refractivity contribution is 5.99. The van der Waals surface area contributed by atoms with Crippen molar-refractivity contribution in [2.75, 3.05) is 37.6 Å². The lowest BCUT2D eigenvalue weighted by Crippen LogP contribution is -2.46. The third kappa shape index (κ3) is 4.22. The lowest BCUT2D eigenvalue weighted by atomic mass is 10.1. The van der Waals surface area contributed by atoms with Crippen molar-refractivity contribution in [3.8, 4) is 0 Å². The Kier molecular flexibility index (Phi) is 5.40. The normalized spacial score (nSPS) is 15.1. The number of Topliss-reactive ketones (excluding diaryl/α,β-unsaturated/α-hetero) is 1. The molecule has 0 amide bonds. The third-order valence-corrected chi connectivity index (χ3v) is 4.55. The zero-order chi connectivity index (χ0) is 17.6. The molecular formula is C19H21N3O3. The molecule has 2 aromatic carbocycles. The molecule has 0 bridgehead atoms. The molecule has 1 heterocycles. The molecule has 1 aliphatic heterocycles. The summed E-state index contributed by atoms with van der Waals surface area (Å²) >= 11 is 0. The highest BCUT2D eigenvalue weighted by Crippen LogP contribution is 2.20. The Morgan fingerprint density at radius 3 is 2.28 bits per heavy atom. The first-order valence-electron chi connectivity index (χ1n) is 8.44. The third-order valence-electron chi connectivity index (χ3n) is 4.55. The standard InChI is InChI=1S/C19H21N3O3/c23-19(17-8-4-5-9-18(17)22(24)25)10-11-20-12-14-21(15-13-20)16-6-2-1-3-7-16/h1-9H,10-15H2. The minimum Gasteiger partial charge on any atom is -0.369 e. The number of hydrogen-bond acceptors (Lipinski definition) is 5. The number of ketones is 1. The Morgan fingerprint density at radius 2 is 1.60 bits per heavy atom. The van der Waals surface area contributed by atoms with E-state index in [1.165, 1.54) is 17.8 Å². The van der Waals surface area contributed by atoms with Crippen molar-refractivity contribution in [2.24, 2.45) is 0 Å². The van der Waals surface area contributed by atoms with E-state index in [-0.39, 0.29) is 17.0 Å². The van der Waals surface area contributed by atoms with E-state index in [0.717, 1.165) is 26.2 Å². The van der Waals surface area contributed by atoms with E-state index < -0.39 is 4.92 Å². The summed E-state index contributed by atoms with van der Waals surface area (Å²) in [6, 6.07) is 16.5. The summed E-state index contributed by atoms with van der Waals surface area (Å²) < 4.78 is 0. The molecule has 6 nitrogen and oxygen atoms in total. The van der Waals surface area contributed by atoms with E-state index in [4.69, 9.17) is 0 Å². The number of hydrogen-bond donors (Lipinski definition) is 0. The highest BCUT2D eigenvalue weighted by atomic mass is 16.6. The van der Waals surface area contributed by atoms with E-state index in [2.05, 4.69) is 21.9 Å². The molecule has 2 aromatic rings. The molecule has 0 unspecified atom stereocenters. The average Bonchev–Trinajstić information content (AvgIpc) is 2.67. The first kappa shape index (κ1) is 17.1. The summed E-state index contributed by atoms with van der Waals surface area (Å²) in [4.78, 5) is 27.5. The number of carbonyl (C=O) groups is 1. The molecule has 0 spiro atoms. The van der Waals surface area contributed by atoms with Gasteiger partial charge in [-0.05, 0) is 18.2 Å². The quantitative estimate of drug-likeness (QED) is 0.460. The Hall–Kier alpha value is -2.73. The topological polar surface area (TPSA) is 66.7 Å². The number of carbonyl (C=O) groups excluding carboxylic acids is 1. The predicted octanol–water partition coefficient (Wildman–Crippen LogP) is 2.99. The van der Waals surface area contributed by atoms with Crippen molar-refractivity contribution in [2.45, 2.75) is 6.42 Å². The number of nitrogens with zero attached hydrogens (tertiary/aromatic N) is 3. The molecule has 25 heavy (non-hydrogen) atoms. The fourth-order valence-electron chi connectivity index (χ4n) is 3.13. The monoisotopic (exact) mass is 339 g/mol. The molecule has 0 aliphatic carbocycles. The Morgan fingerprint density at radius 1 is 0.960 bits per heavy atom. The van der Waals surface area contributed by atoms with E-state index >= 15 is 0 Å². The van der Waals surface area contributed by atoms with Crippen LogP contribution in [0.25, 0.3) is 0 Å². The van der Waals surface area contributed by atoms with E-state index in [0.29, 0.717) is 13.0 Å². The summed E-state index contributed by atoms with van der Waals surface area (Å²) in [5, 5.41) is 11.0. The number of nitro benzene ring substituents is 1. The van der Waals surface area contributed by atoms with Gasteiger partial charge in [0.15, 0.2) is 5.78 Å². The van der Waals surface area contributed by atoms with Crippen LogP contribution in [0.4, 0.5) is 11.4 Å². The van der Waals surface area contributed by atoms with Gasteiger partial charge in [-0.25, -0.2) is 0 Å². The minimum absolute atomic E-state index is 0.110. The molecule has 0 aromatic heterocycles. The minimum atomic E-state index is -0.494. The van der Waals surface area contributed by atoms with Crippen LogP contribution < -0.4 is 4.90 Å². The maximum atomic E-state index is 12.4. The van der Waals surface area contributed by atoms with Gasteiger partial charge in [0.05, 0.1) is 10.5 Å². The van der Waals surface area contributed by atoms with Crippen molar-refractivity contribution in [3.63, 3.8) is 0 Å². The van der Waals surface area contributed by atoms with Gasteiger partial charge >= 0.3 is 0 Å². The Labute approximate surface area is 146 Å². The molecule has 1 aliphatic rings. The molecular weight excluding hydrogens is 318 g/mol. The van der Waals surface area contributed by atoms with E-state index in [1.807, 2.05) is 18.2 Å². The second-order valence-electron chi connectivity index (χ2n) is 6.11. The van der Waals surface area contributed by atoms with Crippen molar-refractivity contribution >= 4 is 17.2 Å². The second kappa shape index (κ2) is 7.90. The summed E-state index contributed by atoms with van der Waals surface area (Å²) in [6.45, 7) is 4.25. The molecule has 0 atom stereocenters. The van der Waals surface area contributed by atoms with Gasteiger partial charge in [-0.15, -0.1) is 0 Å². The van der Waals surface area contributed by atoms with Gasteiger partial charge in [0.1, 0.15) is 0 Å². The van der Waals surface area contributed by atoms with Crippen LogP contribution in [0.2, 0.25) is 0 Å². The SMILES string of the molecule is O=C(CCN1CCN(c2ccccc2)CC1)c1ccccc1[N+](=O)[O-]. The van der Waals surface area contributed by atoms with Gasteiger partial charge in [0.2, 0.25) is 0 Å².